The molecular weight excluding hydrogens is 360 g/mol. The molecule has 0 unspecified atom stereocenters. The first kappa shape index (κ1) is 19.1. The molecule has 2 aromatic carbocycles. The van der Waals surface area contributed by atoms with Crippen LogP contribution in [0.4, 0.5) is 5.82 Å². The fourth-order valence-electron chi connectivity index (χ4n) is 3.81. The molecule has 0 spiro atoms. The maximum atomic E-state index is 13.2. The average molecular weight is 386 g/mol. The van der Waals surface area contributed by atoms with Crippen molar-refractivity contribution in [1.29, 1.82) is 0 Å². The molecule has 0 atom stereocenters. The van der Waals surface area contributed by atoms with Crippen molar-refractivity contribution in [3.8, 4) is 11.3 Å². The van der Waals surface area contributed by atoms with E-state index in [0.717, 1.165) is 35.7 Å². The van der Waals surface area contributed by atoms with Crippen molar-refractivity contribution in [1.82, 2.24) is 14.9 Å². The van der Waals surface area contributed by atoms with Crippen molar-refractivity contribution in [3.05, 3.63) is 78.1 Å². The van der Waals surface area contributed by atoms with Gasteiger partial charge in [0.05, 0.1) is 0 Å². The van der Waals surface area contributed by atoms with Gasteiger partial charge in [-0.15, -0.1) is 0 Å². The van der Waals surface area contributed by atoms with Crippen molar-refractivity contribution in [2.45, 2.75) is 26.3 Å². The van der Waals surface area contributed by atoms with Crippen LogP contribution in [0.5, 0.6) is 0 Å². The minimum atomic E-state index is 0.0322. The maximum absolute atomic E-state index is 13.2. The normalized spacial score (nSPS) is 13.5. The minimum absolute atomic E-state index is 0.0322. The number of rotatable bonds is 6. The molecule has 1 aliphatic heterocycles. The Morgan fingerprint density at radius 1 is 1.00 bits per heavy atom. The molecule has 148 valence electrons. The SMILES string of the molecule is CCN(Cc1ccccc1)C(=O)c1cccc(-c2nccnc2N2CCCC2)c1. The third-order valence-electron chi connectivity index (χ3n) is 5.35. The summed E-state index contributed by atoms with van der Waals surface area (Å²) in [6.45, 7) is 5.28. The van der Waals surface area contributed by atoms with Gasteiger partial charge in [-0.25, -0.2) is 4.98 Å². The highest BCUT2D eigenvalue weighted by Crippen LogP contribution is 2.29. The molecule has 5 heteroatoms. The van der Waals surface area contributed by atoms with E-state index in [0.29, 0.717) is 18.7 Å². The first-order chi connectivity index (χ1) is 14.3. The molecular formula is C24H26N4O. The van der Waals surface area contributed by atoms with Crippen LogP contribution >= 0.6 is 0 Å². The largest absolute Gasteiger partial charge is 0.355 e. The Bertz CT molecular complexity index is 967. The number of anilines is 1. The maximum Gasteiger partial charge on any atom is 0.254 e. The van der Waals surface area contributed by atoms with E-state index >= 15 is 0 Å². The van der Waals surface area contributed by atoms with Crippen molar-refractivity contribution < 1.29 is 4.79 Å². The number of carbonyl (C=O) groups is 1. The van der Waals surface area contributed by atoms with E-state index in [9.17, 15) is 4.79 Å². The molecule has 1 aliphatic rings. The molecule has 1 fully saturated rings. The predicted octanol–water partition coefficient (Wildman–Crippen LogP) is 4.41. The minimum Gasteiger partial charge on any atom is -0.355 e. The van der Waals surface area contributed by atoms with Crippen LogP contribution in [0, 0.1) is 0 Å². The highest BCUT2D eigenvalue weighted by molar-refractivity contribution is 5.95. The lowest BCUT2D eigenvalue weighted by Crippen LogP contribution is -2.30. The van der Waals surface area contributed by atoms with Crippen molar-refractivity contribution in [3.63, 3.8) is 0 Å². The van der Waals surface area contributed by atoms with Gasteiger partial charge in [0, 0.05) is 49.7 Å². The Hall–Kier alpha value is -3.21. The fraction of sp³-hybridized carbons (Fsp3) is 0.292. The fourth-order valence-corrected chi connectivity index (χ4v) is 3.81. The predicted molar refractivity (Wildman–Crippen MR) is 116 cm³/mol. The lowest BCUT2D eigenvalue weighted by Gasteiger charge is -2.22. The van der Waals surface area contributed by atoms with E-state index in [4.69, 9.17) is 0 Å². The van der Waals surface area contributed by atoms with Crippen LogP contribution in [0.3, 0.4) is 0 Å². The van der Waals surface area contributed by atoms with E-state index in [1.54, 1.807) is 12.4 Å². The van der Waals surface area contributed by atoms with Crippen molar-refractivity contribution >= 4 is 11.7 Å². The van der Waals surface area contributed by atoms with Crippen LogP contribution in [0.2, 0.25) is 0 Å². The third kappa shape index (κ3) is 4.29. The first-order valence-electron chi connectivity index (χ1n) is 10.3. The monoisotopic (exact) mass is 386 g/mol. The van der Waals surface area contributed by atoms with Gasteiger partial charge in [0.2, 0.25) is 0 Å². The molecule has 29 heavy (non-hydrogen) atoms. The summed E-state index contributed by atoms with van der Waals surface area (Å²) in [5.74, 6) is 0.941. The van der Waals surface area contributed by atoms with Crippen LogP contribution in [0.15, 0.2) is 67.0 Å². The van der Waals surface area contributed by atoms with Crippen LogP contribution in [-0.2, 0) is 6.54 Å². The van der Waals surface area contributed by atoms with Gasteiger partial charge in [0.15, 0.2) is 5.82 Å². The Labute approximate surface area is 172 Å². The summed E-state index contributed by atoms with van der Waals surface area (Å²) in [4.78, 5) is 26.5. The zero-order valence-electron chi connectivity index (χ0n) is 16.8. The van der Waals surface area contributed by atoms with Crippen LogP contribution < -0.4 is 4.90 Å². The van der Waals surface area contributed by atoms with Gasteiger partial charge in [-0.3, -0.25) is 9.78 Å². The lowest BCUT2D eigenvalue weighted by atomic mass is 10.1. The van der Waals surface area contributed by atoms with Gasteiger partial charge in [0.1, 0.15) is 5.69 Å². The Morgan fingerprint density at radius 2 is 1.76 bits per heavy atom. The van der Waals surface area contributed by atoms with Gasteiger partial charge in [0.25, 0.3) is 5.91 Å². The number of hydrogen-bond acceptors (Lipinski definition) is 4. The van der Waals surface area contributed by atoms with Gasteiger partial charge in [-0.2, -0.15) is 0 Å². The molecule has 0 N–H and O–H groups in total. The molecule has 2 heterocycles. The van der Waals surface area contributed by atoms with Gasteiger partial charge in [-0.05, 0) is 37.5 Å². The van der Waals surface area contributed by atoms with Gasteiger partial charge in [-0.1, -0.05) is 42.5 Å². The van der Waals surface area contributed by atoms with E-state index < -0.39 is 0 Å². The van der Waals surface area contributed by atoms with Crippen molar-refractivity contribution in [2.75, 3.05) is 24.5 Å². The summed E-state index contributed by atoms with van der Waals surface area (Å²) in [6, 6.07) is 17.9. The number of amides is 1. The molecule has 1 amide bonds. The van der Waals surface area contributed by atoms with E-state index in [1.165, 1.54) is 12.8 Å². The van der Waals surface area contributed by atoms with Crippen LogP contribution in [-0.4, -0.2) is 40.4 Å². The summed E-state index contributed by atoms with van der Waals surface area (Å²) in [6.07, 6.45) is 5.82. The standard InChI is InChI=1S/C24H26N4O/c1-2-27(18-19-9-4-3-5-10-19)24(29)21-12-8-11-20(17-21)22-23(26-14-13-25-22)28-15-6-7-16-28/h3-5,8-14,17H,2,6-7,15-16,18H2,1H3. The smallest absolute Gasteiger partial charge is 0.254 e. The highest BCUT2D eigenvalue weighted by atomic mass is 16.2. The van der Waals surface area contributed by atoms with Crippen molar-refractivity contribution in [2.24, 2.45) is 0 Å². The molecule has 0 aliphatic carbocycles. The van der Waals surface area contributed by atoms with Crippen LogP contribution in [0.25, 0.3) is 11.3 Å². The highest BCUT2D eigenvalue weighted by Gasteiger charge is 2.20. The average Bonchev–Trinajstić information content (AvgIpc) is 3.33. The molecule has 0 saturated carbocycles. The summed E-state index contributed by atoms with van der Waals surface area (Å²) < 4.78 is 0. The van der Waals surface area contributed by atoms with E-state index in [1.807, 2.05) is 66.4 Å². The number of hydrogen-bond donors (Lipinski definition) is 0. The summed E-state index contributed by atoms with van der Waals surface area (Å²) >= 11 is 0. The number of aromatic nitrogens is 2. The zero-order valence-corrected chi connectivity index (χ0v) is 16.8. The Kier molecular flexibility index (Phi) is 5.84. The van der Waals surface area contributed by atoms with Gasteiger partial charge >= 0.3 is 0 Å². The summed E-state index contributed by atoms with van der Waals surface area (Å²) in [5.41, 5.74) is 3.58. The number of benzene rings is 2. The second-order valence-electron chi connectivity index (χ2n) is 7.31. The van der Waals surface area contributed by atoms with E-state index in [-0.39, 0.29) is 5.91 Å². The second-order valence-corrected chi connectivity index (χ2v) is 7.31. The first-order valence-corrected chi connectivity index (χ1v) is 10.3. The summed E-state index contributed by atoms with van der Waals surface area (Å²) in [7, 11) is 0. The zero-order chi connectivity index (χ0) is 20.1. The second kappa shape index (κ2) is 8.86. The summed E-state index contributed by atoms with van der Waals surface area (Å²) in [5, 5.41) is 0. The number of nitrogens with zero attached hydrogens (tertiary/aromatic N) is 4. The Balaban J connectivity index is 1.61. The molecule has 1 aromatic heterocycles. The number of carbonyl (C=O) groups excluding carboxylic acids is 1. The quantitative estimate of drug-likeness (QED) is 0.630. The molecule has 4 rings (SSSR count). The van der Waals surface area contributed by atoms with E-state index in [2.05, 4.69) is 14.9 Å². The van der Waals surface area contributed by atoms with Crippen LogP contribution in [0.1, 0.15) is 35.7 Å². The molecule has 3 aromatic rings. The lowest BCUT2D eigenvalue weighted by molar-refractivity contribution is 0.0752. The molecule has 0 radical (unpaired) electrons. The third-order valence-corrected chi connectivity index (χ3v) is 5.35. The van der Waals surface area contributed by atoms with Gasteiger partial charge < -0.3 is 9.80 Å². The molecule has 0 bridgehead atoms. The molecule has 5 nitrogen and oxygen atoms in total. The molecule has 1 saturated heterocycles. The topological polar surface area (TPSA) is 49.3 Å². The Morgan fingerprint density at radius 3 is 2.52 bits per heavy atom.